The van der Waals surface area contributed by atoms with Gasteiger partial charge in [0.15, 0.2) is 0 Å². The maximum absolute atomic E-state index is 12.9. The second-order valence-electron chi connectivity index (χ2n) is 9.14. The Labute approximate surface area is 203 Å². The van der Waals surface area contributed by atoms with Crippen LogP contribution >= 0.6 is 0 Å². The molecule has 3 amide bonds. The fourth-order valence-corrected chi connectivity index (χ4v) is 5.07. The number of allylic oxidation sites excluding steroid dienone is 2. The third kappa shape index (κ3) is 4.09. The molecule has 0 N–H and O–H groups in total. The summed E-state index contributed by atoms with van der Waals surface area (Å²) in [5, 5.41) is 0. The number of aryl methyl sites for hydroxylation is 1. The van der Waals surface area contributed by atoms with E-state index in [9.17, 15) is 19.2 Å². The molecule has 2 aromatic carbocycles. The molecule has 1 aliphatic carbocycles. The molecule has 0 radical (unpaired) electrons. The van der Waals surface area contributed by atoms with Gasteiger partial charge in [-0.05, 0) is 55.7 Å². The predicted octanol–water partition coefficient (Wildman–Crippen LogP) is 3.42. The van der Waals surface area contributed by atoms with Crippen molar-refractivity contribution in [2.24, 2.45) is 17.8 Å². The average Bonchev–Trinajstić information content (AvgIpc) is 3.37. The molecule has 5 rings (SSSR count). The molecule has 8 heteroatoms. The van der Waals surface area contributed by atoms with Crippen LogP contribution in [0, 0.1) is 24.7 Å². The van der Waals surface area contributed by atoms with Gasteiger partial charge in [0, 0.05) is 24.7 Å². The summed E-state index contributed by atoms with van der Waals surface area (Å²) in [4.78, 5) is 54.0. The summed E-state index contributed by atoms with van der Waals surface area (Å²) in [6.07, 6.45) is 5.12. The highest BCUT2D eigenvalue weighted by Crippen LogP contribution is 2.39. The second kappa shape index (κ2) is 9.02. The van der Waals surface area contributed by atoms with Gasteiger partial charge in [-0.25, -0.2) is 4.90 Å². The van der Waals surface area contributed by atoms with Gasteiger partial charge in [-0.1, -0.05) is 18.2 Å². The molecule has 3 aliphatic rings. The number of amides is 3. The number of rotatable bonds is 5. The number of carbonyl (C=O) groups excluding carboxylic acids is 4. The Hall–Kier alpha value is -3.94. The van der Waals surface area contributed by atoms with Crippen molar-refractivity contribution in [3.8, 4) is 11.5 Å². The molecule has 0 unspecified atom stereocenters. The van der Waals surface area contributed by atoms with Gasteiger partial charge >= 0.3 is 5.97 Å². The number of methoxy groups -OCH3 is 1. The van der Waals surface area contributed by atoms with Gasteiger partial charge in [0.1, 0.15) is 11.5 Å². The number of fused-ring (bicyclic) bond motifs is 1. The molecule has 2 aromatic rings. The van der Waals surface area contributed by atoms with Crippen molar-refractivity contribution in [1.82, 2.24) is 0 Å². The van der Waals surface area contributed by atoms with Crippen molar-refractivity contribution in [3.63, 3.8) is 0 Å². The summed E-state index contributed by atoms with van der Waals surface area (Å²) in [5.74, 6) is -1.31. The van der Waals surface area contributed by atoms with E-state index < -0.39 is 11.9 Å². The van der Waals surface area contributed by atoms with Crippen LogP contribution in [0.15, 0.2) is 54.6 Å². The predicted molar refractivity (Wildman–Crippen MR) is 128 cm³/mol. The second-order valence-corrected chi connectivity index (χ2v) is 9.14. The van der Waals surface area contributed by atoms with Crippen LogP contribution in [0.3, 0.4) is 0 Å². The van der Waals surface area contributed by atoms with Crippen LogP contribution in [0.25, 0.3) is 0 Å². The fraction of sp³-hybridized carbons (Fsp3) is 0.333. The van der Waals surface area contributed by atoms with Gasteiger partial charge < -0.3 is 14.4 Å². The molecule has 2 heterocycles. The third-order valence-corrected chi connectivity index (χ3v) is 6.96. The standard InChI is InChI=1S/C27H26N2O6/c1-16-12-20(10-11-23(16)29-25(31)21-8-3-4-9-22(21)26(29)32)35-27(33)17-13-24(30)28(15-17)18-6-5-7-19(14-18)34-2/h3-7,10-12,14,17,21-22H,8-9,13,15H2,1-2H3/t17-,21-,22+/m1/s1. The highest BCUT2D eigenvalue weighted by Gasteiger charge is 2.48. The van der Waals surface area contributed by atoms with Gasteiger partial charge in [-0.15, -0.1) is 0 Å². The Kier molecular flexibility index (Phi) is 5.88. The lowest BCUT2D eigenvalue weighted by Crippen LogP contribution is -2.31. The Morgan fingerprint density at radius 1 is 0.943 bits per heavy atom. The van der Waals surface area contributed by atoms with Crippen LogP contribution < -0.4 is 19.3 Å². The lowest BCUT2D eigenvalue weighted by atomic mass is 9.85. The Morgan fingerprint density at radius 2 is 1.66 bits per heavy atom. The van der Waals surface area contributed by atoms with Crippen LogP contribution in [-0.2, 0) is 19.2 Å². The fourth-order valence-electron chi connectivity index (χ4n) is 5.07. The normalized spacial score (nSPS) is 23.6. The topological polar surface area (TPSA) is 93.2 Å². The first-order chi connectivity index (χ1) is 16.9. The molecule has 180 valence electrons. The lowest BCUT2D eigenvalue weighted by molar-refractivity contribution is -0.139. The molecule has 3 atom stereocenters. The quantitative estimate of drug-likeness (QED) is 0.285. The van der Waals surface area contributed by atoms with Gasteiger partial charge in [0.05, 0.1) is 30.6 Å². The zero-order valence-electron chi connectivity index (χ0n) is 19.6. The van der Waals surface area contributed by atoms with Crippen LogP contribution in [0.2, 0.25) is 0 Å². The molecule has 0 aromatic heterocycles. The molecular weight excluding hydrogens is 448 g/mol. The lowest BCUT2D eigenvalue weighted by Gasteiger charge is -2.19. The SMILES string of the molecule is COc1cccc(N2C[C@H](C(=O)Oc3ccc(N4C(=O)[C@H]5CC=CC[C@H]5C4=O)c(C)c3)CC2=O)c1. The molecular formula is C27H26N2O6. The van der Waals surface area contributed by atoms with Crippen molar-refractivity contribution in [1.29, 1.82) is 0 Å². The minimum atomic E-state index is -0.606. The third-order valence-electron chi connectivity index (χ3n) is 6.96. The number of anilines is 2. The summed E-state index contributed by atoms with van der Waals surface area (Å²) < 4.78 is 10.8. The minimum absolute atomic E-state index is 0.0563. The van der Waals surface area contributed by atoms with E-state index in [1.54, 1.807) is 61.4 Å². The molecule has 2 fully saturated rings. The number of hydrogen-bond donors (Lipinski definition) is 0. The minimum Gasteiger partial charge on any atom is -0.497 e. The van der Waals surface area contributed by atoms with Gasteiger partial charge in [-0.3, -0.25) is 19.2 Å². The zero-order valence-corrected chi connectivity index (χ0v) is 19.6. The van der Waals surface area contributed by atoms with Crippen molar-refractivity contribution in [3.05, 3.63) is 60.2 Å². The van der Waals surface area contributed by atoms with Gasteiger partial charge in [0.25, 0.3) is 0 Å². The number of carbonyl (C=O) groups is 4. The number of imide groups is 1. The van der Waals surface area contributed by atoms with Crippen LogP contribution in [0.5, 0.6) is 11.5 Å². The largest absolute Gasteiger partial charge is 0.497 e. The van der Waals surface area contributed by atoms with E-state index in [0.717, 1.165) is 0 Å². The Bertz CT molecular complexity index is 1230. The maximum Gasteiger partial charge on any atom is 0.316 e. The van der Waals surface area contributed by atoms with E-state index in [4.69, 9.17) is 9.47 Å². The smallest absolute Gasteiger partial charge is 0.316 e. The molecule has 2 saturated heterocycles. The van der Waals surface area contributed by atoms with Crippen molar-refractivity contribution < 1.29 is 28.7 Å². The number of esters is 1. The molecule has 8 nitrogen and oxygen atoms in total. The van der Waals surface area contributed by atoms with E-state index >= 15 is 0 Å². The van der Waals surface area contributed by atoms with E-state index in [2.05, 4.69) is 0 Å². The summed E-state index contributed by atoms with van der Waals surface area (Å²) in [5.41, 5.74) is 1.83. The van der Waals surface area contributed by atoms with E-state index in [0.29, 0.717) is 41.3 Å². The van der Waals surface area contributed by atoms with Crippen molar-refractivity contribution >= 4 is 35.1 Å². The van der Waals surface area contributed by atoms with E-state index in [1.807, 2.05) is 12.2 Å². The number of ether oxygens (including phenoxy) is 2. The zero-order chi connectivity index (χ0) is 24.7. The first-order valence-corrected chi connectivity index (χ1v) is 11.7. The molecule has 35 heavy (non-hydrogen) atoms. The van der Waals surface area contributed by atoms with Crippen LogP contribution in [0.1, 0.15) is 24.8 Å². The highest BCUT2D eigenvalue weighted by atomic mass is 16.5. The van der Waals surface area contributed by atoms with Gasteiger partial charge in [0.2, 0.25) is 17.7 Å². The first-order valence-electron chi connectivity index (χ1n) is 11.7. The molecule has 2 aliphatic heterocycles. The Balaban J connectivity index is 1.28. The van der Waals surface area contributed by atoms with Gasteiger partial charge in [-0.2, -0.15) is 0 Å². The molecule has 0 spiro atoms. The van der Waals surface area contributed by atoms with Crippen LogP contribution in [0.4, 0.5) is 11.4 Å². The summed E-state index contributed by atoms with van der Waals surface area (Å²) in [6, 6.07) is 12.0. The average molecular weight is 475 g/mol. The van der Waals surface area contributed by atoms with Crippen molar-refractivity contribution in [2.75, 3.05) is 23.5 Å². The molecule has 0 bridgehead atoms. The maximum atomic E-state index is 12.9. The Morgan fingerprint density at radius 3 is 2.31 bits per heavy atom. The first kappa shape index (κ1) is 22.8. The van der Waals surface area contributed by atoms with Crippen molar-refractivity contribution in [2.45, 2.75) is 26.2 Å². The summed E-state index contributed by atoms with van der Waals surface area (Å²) in [7, 11) is 1.55. The summed E-state index contributed by atoms with van der Waals surface area (Å²) >= 11 is 0. The number of hydrogen-bond acceptors (Lipinski definition) is 6. The summed E-state index contributed by atoms with van der Waals surface area (Å²) in [6.45, 7) is 1.99. The molecule has 0 saturated carbocycles. The van der Waals surface area contributed by atoms with Crippen LogP contribution in [-0.4, -0.2) is 37.3 Å². The number of nitrogens with zero attached hydrogens (tertiary/aromatic N) is 2. The van der Waals surface area contributed by atoms with E-state index in [1.165, 1.54) is 4.90 Å². The monoisotopic (exact) mass is 474 g/mol. The highest BCUT2D eigenvalue weighted by molar-refractivity contribution is 6.22. The number of benzene rings is 2. The van der Waals surface area contributed by atoms with E-state index in [-0.39, 0.29) is 42.5 Å².